The third kappa shape index (κ3) is 2.42. The minimum atomic E-state index is -0.632. The molecule has 5 rings (SSSR count). The average molecular weight is 395 g/mol. The molecule has 1 aromatic carbocycles. The van der Waals surface area contributed by atoms with Crippen molar-refractivity contribution in [2.24, 2.45) is 4.99 Å². The second kappa shape index (κ2) is 5.91. The number of aromatic nitrogens is 3. The summed E-state index contributed by atoms with van der Waals surface area (Å²) in [7, 11) is 0. The Hall–Kier alpha value is -2.67. The maximum absolute atomic E-state index is 13.3. The molecule has 0 aliphatic carbocycles. The zero-order valence-corrected chi connectivity index (χ0v) is 17.2. The fourth-order valence-electron chi connectivity index (χ4n) is 4.30. The maximum Gasteiger partial charge on any atom is 0.270 e. The number of thiazole rings is 1. The van der Waals surface area contributed by atoms with E-state index >= 15 is 0 Å². The number of benzene rings is 1. The van der Waals surface area contributed by atoms with Gasteiger partial charge in [0, 0.05) is 29.8 Å². The highest BCUT2D eigenvalue weighted by Gasteiger charge is 2.42. The monoisotopic (exact) mass is 394 g/mol. The summed E-state index contributed by atoms with van der Waals surface area (Å²) in [5.41, 5.74) is 3.46. The topological polar surface area (TPSA) is 61.4 Å². The largest absolute Gasteiger partial charge is 0.466 e. The molecular weight excluding hydrogens is 372 g/mol. The van der Waals surface area contributed by atoms with Gasteiger partial charge in [-0.1, -0.05) is 29.5 Å². The van der Waals surface area contributed by atoms with Crippen LogP contribution in [0, 0.1) is 13.8 Å². The lowest BCUT2D eigenvalue weighted by molar-refractivity contribution is 0.0410. The number of aryl methyl sites for hydroxylation is 2. The molecule has 0 radical (unpaired) electrons. The van der Waals surface area contributed by atoms with Crippen molar-refractivity contribution in [1.82, 2.24) is 14.3 Å². The van der Waals surface area contributed by atoms with Crippen molar-refractivity contribution in [1.29, 1.82) is 0 Å². The van der Waals surface area contributed by atoms with Crippen LogP contribution < -0.4 is 19.6 Å². The van der Waals surface area contributed by atoms with Gasteiger partial charge in [-0.2, -0.15) is 5.10 Å². The number of rotatable bonds is 2. The molecule has 28 heavy (non-hydrogen) atoms. The number of hydrogen-bond acceptors (Lipinski definition) is 5. The zero-order chi connectivity index (χ0) is 19.6. The van der Waals surface area contributed by atoms with E-state index in [0.29, 0.717) is 11.0 Å². The van der Waals surface area contributed by atoms with Gasteiger partial charge in [-0.25, -0.2) is 4.99 Å². The van der Waals surface area contributed by atoms with Crippen LogP contribution in [0.5, 0.6) is 5.75 Å². The molecular formula is C21H22N4O2S. The molecule has 0 spiro atoms. The molecule has 144 valence electrons. The summed E-state index contributed by atoms with van der Waals surface area (Å²) in [6, 6.07) is 7.90. The van der Waals surface area contributed by atoms with Crippen molar-refractivity contribution in [3.63, 3.8) is 0 Å². The Kier molecular flexibility index (Phi) is 3.68. The lowest BCUT2D eigenvalue weighted by Crippen LogP contribution is -2.49. The predicted molar refractivity (Wildman–Crippen MR) is 109 cm³/mol. The van der Waals surface area contributed by atoms with E-state index in [1.807, 2.05) is 60.4 Å². The molecule has 2 aliphatic heterocycles. The van der Waals surface area contributed by atoms with E-state index in [9.17, 15) is 4.79 Å². The normalized spacial score (nSPS) is 23.0. The molecule has 0 N–H and O–H groups in total. The Bertz CT molecular complexity index is 1280. The smallest absolute Gasteiger partial charge is 0.270 e. The quantitative estimate of drug-likeness (QED) is 0.670. The van der Waals surface area contributed by atoms with Crippen LogP contribution in [0.4, 0.5) is 0 Å². The zero-order valence-electron chi connectivity index (χ0n) is 16.4. The van der Waals surface area contributed by atoms with Gasteiger partial charge in [0.1, 0.15) is 5.75 Å². The number of hydrogen-bond donors (Lipinski definition) is 0. The highest BCUT2D eigenvalue weighted by molar-refractivity contribution is 7.07. The van der Waals surface area contributed by atoms with Gasteiger partial charge in [0.25, 0.3) is 5.56 Å². The second-order valence-corrected chi connectivity index (χ2v) is 8.62. The molecule has 2 aliphatic rings. The van der Waals surface area contributed by atoms with Gasteiger partial charge in [-0.05, 0) is 39.8 Å². The standard InChI is InChI=1S/C21H22N4O2S/c1-5-24-13(3)15(12(2)23-24)10-18-19(26)25-16-11-21(4,22-20(25)28-18)27-17-9-7-6-8-14(16)17/h6-10,16H,5,11H2,1-4H3/b18-10-/t16-,21-/m1/s1. The molecule has 2 atom stereocenters. The van der Waals surface area contributed by atoms with E-state index in [1.54, 1.807) is 0 Å². The number of ether oxygens (including phenoxy) is 1. The Morgan fingerprint density at radius 3 is 2.89 bits per heavy atom. The van der Waals surface area contributed by atoms with Gasteiger partial charge in [0.15, 0.2) is 4.80 Å². The molecule has 0 saturated heterocycles. The molecule has 2 bridgehead atoms. The van der Waals surface area contributed by atoms with Gasteiger partial charge in [0.2, 0.25) is 5.72 Å². The first-order valence-electron chi connectivity index (χ1n) is 9.55. The lowest BCUT2D eigenvalue weighted by Gasteiger charge is -2.39. The van der Waals surface area contributed by atoms with Gasteiger partial charge in [-0.15, -0.1) is 0 Å². The fourth-order valence-corrected chi connectivity index (χ4v) is 5.40. The van der Waals surface area contributed by atoms with Crippen LogP contribution in [-0.4, -0.2) is 20.1 Å². The van der Waals surface area contributed by atoms with Crippen molar-refractivity contribution in [3.05, 3.63) is 66.5 Å². The Balaban J connectivity index is 1.76. The minimum absolute atomic E-state index is 0.00977. The third-order valence-electron chi connectivity index (χ3n) is 5.67. The van der Waals surface area contributed by atoms with Crippen molar-refractivity contribution < 1.29 is 4.74 Å². The van der Waals surface area contributed by atoms with Crippen molar-refractivity contribution in [3.8, 4) is 5.75 Å². The molecule has 6 nitrogen and oxygen atoms in total. The van der Waals surface area contributed by atoms with E-state index in [0.717, 1.165) is 39.6 Å². The highest BCUT2D eigenvalue weighted by Crippen LogP contribution is 2.42. The van der Waals surface area contributed by atoms with E-state index in [-0.39, 0.29) is 11.6 Å². The van der Waals surface area contributed by atoms with Crippen LogP contribution in [0.1, 0.15) is 48.8 Å². The highest BCUT2D eigenvalue weighted by atomic mass is 32.1. The second-order valence-electron chi connectivity index (χ2n) is 7.62. The maximum atomic E-state index is 13.3. The van der Waals surface area contributed by atoms with Crippen LogP contribution in [0.25, 0.3) is 6.08 Å². The summed E-state index contributed by atoms with van der Waals surface area (Å²) < 4.78 is 10.7. The van der Waals surface area contributed by atoms with Crippen molar-refractivity contribution in [2.75, 3.05) is 0 Å². The summed E-state index contributed by atoms with van der Waals surface area (Å²) >= 11 is 1.43. The van der Waals surface area contributed by atoms with Gasteiger partial charge >= 0.3 is 0 Å². The Morgan fingerprint density at radius 1 is 1.36 bits per heavy atom. The van der Waals surface area contributed by atoms with Gasteiger partial charge in [-0.3, -0.25) is 14.0 Å². The third-order valence-corrected chi connectivity index (χ3v) is 6.66. The predicted octanol–water partition coefficient (Wildman–Crippen LogP) is 2.29. The number of para-hydroxylation sites is 1. The SMILES string of the molecule is CCn1nc(C)c(/C=c2\sc3n(c2=O)[C@@H]2C[C@](C)(N=3)Oc3ccccc32)c1C. The molecule has 4 heterocycles. The molecule has 0 fully saturated rings. The van der Waals surface area contributed by atoms with E-state index in [1.165, 1.54) is 11.3 Å². The molecule has 7 heteroatoms. The molecule has 0 amide bonds. The average Bonchev–Trinajstić information content (AvgIpc) is 3.11. The number of fused-ring (bicyclic) bond motifs is 6. The number of nitrogens with zero attached hydrogens (tertiary/aromatic N) is 4. The summed E-state index contributed by atoms with van der Waals surface area (Å²) in [6.07, 6.45) is 2.63. The van der Waals surface area contributed by atoms with Crippen molar-refractivity contribution in [2.45, 2.75) is 52.4 Å². The summed E-state index contributed by atoms with van der Waals surface area (Å²) in [4.78, 5) is 18.9. The van der Waals surface area contributed by atoms with Gasteiger partial charge < -0.3 is 4.74 Å². The minimum Gasteiger partial charge on any atom is -0.466 e. The van der Waals surface area contributed by atoms with Crippen molar-refractivity contribution >= 4 is 17.4 Å². The first-order valence-corrected chi connectivity index (χ1v) is 10.4. The molecule has 0 saturated carbocycles. The summed E-state index contributed by atoms with van der Waals surface area (Å²) in [6.45, 7) is 8.90. The van der Waals surface area contributed by atoms with E-state index in [4.69, 9.17) is 9.73 Å². The van der Waals surface area contributed by atoms with Crippen LogP contribution in [0.15, 0.2) is 34.1 Å². The van der Waals surface area contributed by atoms with Crippen LogP contribution >= 0.6 is 11.3 Å². The molecule has 2 aromatic heterocycles. The van der Waals surface area contributed by atoms with Crippen LogP contribution in [0.3, 0.4) is 0 Å². The first-order chi connectivity index (χ1) is 13.4. The summed E-state index contributed by atoms with van der Waals surface area (Å²) in [5.74, 6) is 0.815. The van der Waals surface area contributed by atoms with E-state index in [2.05, 4.69) is 12.0 Å². The fraction of sp³-hybridized carbons (Fsp3) is 0.381. The molecule has 0 unspecified atom stereocenters. The van der Waals surface area contributed by atoms with E-state index < -0.39 is 5.72 Å². The Morgan fingerprint density at radius 2 is 2.14 bits per heavy atom. The Labute approximate surface area is 166 Å². The van der Waals surface area contributed by atoms with Crippen LogP contribution in [0.2, 0.25) is 0 Å². The summed E-state index contributed by atoms with van der Waals surface area (Å²) in [5, 5.41) is 4.57. The van der Waals surface area contributed by atoms with Gasteiger partial charge in [0.05, 0.1) is 16.3 Å². The molecule has 3 aromatic rings. The first kappa shape index (κ1) is 17.4. The lowest BCUT2D eigenvalue weighted by atomic mass is 9.93. The van der Waals surface area contributed by atoms with Crippen LogP contribution in [-0.2, 0) is 6.54 Å².